The number of hydrogen-bond donors (Lipinski definition) is 1. The van der Waals surface area contributed by atoms with Crippen molar-refractivity contribution in [2.45, 2.75) is 19.8 Å². The average Bonchev–Trinajstić information content (AvgIpc) is 3.80. The zero-order chi connectivity index (χ0) is 38.3. The van der Waals surface area contributed by atoms with Crippen molar-refractivity contribution in [1.29, 1.82) is 5.41 Å². The summed E-state index contributed by atoms with van der Waals surface area (Å²) in [5.74, 6) is 0.573. The first-order valence-electron chi connectivity index (χ1n) is 19.5. The molecule has 0 unspecified atom stereocenters. The highest BCUT2D eigenvalue weighted by molar-refractivity contribution is 6.23. The van der Waals surface area contributed by atoms with Gasteiger partial charge in [0, 0.05) is 44.4 Å². The number of benzene rings is 7. The maximum Gasteiger partial charge on any atom is 0.229 e. The number of aliphatic imine (C=N–C) groups is 2. The summed E-state index contributed by atoms with van der Waals surface area (Å²) in [5.41, 5.74) is 13.8. The molecule has 272 valence electrons. The fourth-order valence-corrected chi connectivity index (χ4v) is 8.34. The van der Waals surface area contributed by atoms with Crippen LogP contribution >= 0.6 is 0 Å². The molecule has 5 heteroatoms. The van der Waals surface area contributed by atoms with Gasteiger partial charge in [0.15, 0.2) is 5.84 Å². The third-order valence-corrected chi connectivity index (χ3v) is 11.1. The van der Waals surface area contributed by atoms with Gasteiger partial charge in [0.25, 0.3) is 0 Å². The van der Waals surface area contributed by atoms with Crippen molar-refractivity contribution in [2.75, 3.05) is 0 Å². The minimum absolute atomic E-state index is 0.0983. The Kier molecular flexibility index (Phi) is 8.61. The molecule has 0 saturated carbocycles. The van der Waals surface area contributed by atoms with E-state index >= 15 is 0 Å². The van der Waals surface area contributed by atoms with Crippen LogP contribution in [-0.4, -0.2) is 26.6 Å². The number of rotatable bonds is 5. The lowest BCUT2D eigenvalue weighted by molar-refractivity contribution is 0.889. The lowest BCUT2D eigenvalue weighted by Crippen LogP contribution is -2.13. The molecule has 0 amide bonds. The summed E-state index contributed by atoms with van der Waals surface area (Å²) in [6.07, 6.45) is 6.47. The van der Waals surface area contributed by atoms with Crippen LogP contribution in [0.1, 0.15) is 35.7 Å². The Bertz CT molecular complexity index is 3040. The number of allylic oxidation sites excluding steroid dienone is 1. The molecule has 1 N–H and O–H groups in total. The second kappa shape index (κ2) is 14.4. The molecule has 0 fully saturated rings. The summed E-state index contributed by atoms with van der Waals surface area (Å²) >= 11 is 0. The van der Waals surface area contributed by atoms with E-state index in [0.29, 0.717) is 5.84 Å². The molecule has 0 atom stereocenters. The van der Waals surface area contributed by atoms with Crippen LogP contribution in [0, 0.1) is 5.41 Å². The van der Waals surface area contributed by atoms with Gasteiger partial charge in [-0.3, -0.25) is 9.98 Å². The summed E-state index contributed by atoms with van der Waals surface area (Å²) in [6.45, 7) is 2.02. The van der Waals surface area contributed by atoms with Crippen LogP contribution < -0.4 is 0 Å². The Morgan fingerprint density at radius 1 is 0.526 bits per heavy atom. The van der Waals surface area contributed by atoms with E-state index in [2.05, 4.69) is 174 Å². The maximum absolute atomic E-state index is 9.94. The third kappa shape index (κ3) is 6.10. The molecule has 10 rings (SSSR count). The van der Waals surface area contributed by atoms with Gasteiger partial charge in [-0.05, 0) is 65.8 Å². The van der Waals surface area contributed by atoms with Crippen LogP contribution in [0.2, 0.25) is 0 Å². The highest BCUT2D eigenvalue weighted by Gasteiger charge is 2.25. The minimum Gasteiger partial charge on any atom is -0.311 e. The molecular formula is C52H39N5. The third-order valence-electron chi connectivity index (χ3n) is 11.1. The number of aromatic nitrogens is 2. The molecule has 1 aliphatic rings. The van der Waals surface area contributed by atoms with Crippen LogP contribution in [0.5, 0.6) is 0 Å². The van der Waals surface area contributed by atoms with Gasteiger partial charge < -0.3 is 4.57 Å². The van der Waals surface area contributed by atoms with E-state index in [1.807, 2.05) is 29.7 Å². The van der Waals surface area contributed by atoms with Crippen LogP contribution in [0.3, 0.4) is 0 Å². The molecule has 0 saturated heterocycles. The predicted octanol–water partition coefficient (Wildman–Crippen LogP) is 12.8. The van der Waals surface area contributed by atoms with Gasteiger partial charge >= 0.3 is 0 Å². The van der Waals surface area contributed by atoms with Crippen LogP contribution in [0.15, 0.2) is 192 Å². The van der Waals surface area contributed by atoms with Crippen LogP contribution in [0.25, 0.3) is 66.7 Å². The quantitative estimate of drug-likeness (QED) is 0.135. The lowest BCUT2D eigenvalue weighted by Gasteiger charge is -2.14. The zero-order valence-electron chi connectivity index (χ0n) is 31.6. The fourth-order valence-electron chi connectivity index (χ4n) is 8.34. The Morgan fingerprint density at radius 3 is 1.75 bits per heavy atom. The normalized spacial score (nSPS) is 13.1. The number of nitrogens with one attached hydrogen (secondary N) is 1. The van der Waals surface area contributed by atoms with Crippen molar-refractivity contribution in [2.24, 2.45) is 9.98 Å². The molecule has 0 radical (unpaired) electrons. The summed E-state index contributed by atoms with van der Waals surface area (Å²) < 4.78 is 4.44. The smallest absolute Gasteiger partial charge is 0.229 e. The van der Waals surface area contributed by atoms with Crippen molar-refractivity contribution in [1.82, 2.24) is 9.13 Å². The van der Waals surface area contributed by atoms with Crippen molar-refractivity contribution in [3.05, 3.63) is 204 Å². The first kappa shape index (κ1) is 34.1. The number of hydrogen-bond acceptors (Lipinski definition) is 1. The standard InChI is InChI=1S/C52H39N5/c1-35(36-25-27-39(28-26-36)37-15-5-2-6-16-37)54-51(41-31-29-40(30-32-41)38-17-7-3-8-18-38)55-52(53)57-48-24-14-12-22-44(48)46-34-33-45-43-21-11-13-23-47(43)56(49(45)50(46)57)42-19-9-4-10-20-42/h2-12,14-22,24-34,53H,13,23H2,1H3/b53-52?,54-35+,55-51-. The molecule has 5 nitrogen and oxygen atoms in total. The zero-order valence-corrected chi connectivity index (χ0v) is 31.6. The summed E-state index contributed by atoms with van der Waals surface area (Å²) in [5, 5.41) is 13.3. The second-order valence-electron chi connectivity index (χ2n) is 14.5. The van der Waals surface area contributed by atoms with Gasteiger partial charge in [0.2, 0.25) is 5.96 Å². The first-order valence-corrected chi connectivity index (χ1v) is 19.5. The van der Waals surface area contributed by atoms with Gasteiger partial charge in [-0.1, -0.05) is 170 Å². The minimum atomic E-state index is 0.0983. The predicted molar refractivity (Wildman–Crippen MR) is 239 cm³/mol. The Labute approximate surface area is 331 Å². The van der Waals surface area contributed by atoms with E-state index in [9.17, 15) is 5.41 Å². The number of nitrogens with zero attached hydrogens (tertiary/aromatic N) is 4. The number of para-hydroxylation sites is 2. The summed E-state index contributed by atoms with van der Waals surface area (Å²) in [6, 6.07) is 61.0. The molecule has 7 aromatic carbocycles. The van der Waals surface area contributed by atoms with E-state index in [1.165, 1.54) is 22.2 Å². The van der Waals surface area contributed by atoms with E-state index in [-0.39, 0.29) is 5.96 Å². The van der Waals surface area contributed by atoms with E-state index in [0.717, 1.165) is 79.4 Å². The molecule has 0 bridgehead atoms. The largest absolute Gasteiger partial charge is 0.311 e. The SMILES string of the molecule is C/C(=N\C(=N/C(=N)n1c2ccccc2c2ccc3c4c(n(-c5ccccc5)c3c21)CCC=C4)c1ccc(-c2ccccc2)cc1)c1ccc(-c2ccccc2)cc1. The van der Waals surface area contributed by atoms with Gasteiger partial charge in [0.1, 0.15) is 0 Å². The van der Waals surface area contributed by atoms with Crippen LogP contribution in [0.4, 0.5) is 0 Å². The van der Waals surface area contributed by atoms with Gasteiger partial charge in [0.05, 0.1) is 16.6 Å². The highest BCUT2D eigenvalue weighted by atomic mass is 15.2. The van der Waals surface area contributed by atoms with Crippen molar-refractivity contribution in [3.63, 3.8) is 0 Å². The van der Waals surface area contributed by atoms with E-state index in [4.69, 9.17) is 9.98 Å². The molecule has 0 spiro atoms. The van der Waals surface area contributed by atoms with E-state index < -0.39 is 0 Å². The Morgan fingerprint density at radius 2 is 1.09 bits per heavy atom. The molecular weight excluding hydrogens is 695 g/mol. The van der Waals surface area contributed by atoms with E-state index in [1.54, 1.807) is 0 Å². The van der Waals surface area contributed by atoms with Crippen molar-refractivity contribution in [3.8, 4) is 27.9 Å². The topological polar surface area (TPSA) is 58.4 Å². The van der Waals surface area contributed by atoms with Gasteiger partial charge in [-0.25, -0.2) is 4.99 Å². The average molecular weight is 734 g/mol. The Balaban J connectivity index is 1.17. The first-order chi connectivity index (χ1) is 28.1. The van der Waals surface area contributed by atoms with Crippen molar-refractivity contribution >= 4 is 56.3 Å². The molecule has 2 aromatic heterocycles. The van der Waals surface area contributed by atoms with Gasteiger partial charge in [-0.15, -0.1) is 0 Å². The molecule has 1 aliphatic carbocycles. The fraction of sp³-hybridized carbons (Fsp3) is 0.0577. The monoisotopic (exact) mass is 733 g/mol. The molecule has 0 aliphatic heterocycles. The molecule has 57 heavy (non-hydrogen) atoms. The summed E-state index contributed by atoms with van der Waals surface area (Å²) in [4.78, 5) is 10.4. The number of fused-ring (bicyclic) bond motifs is 7. The number of amidine groups is 1. The van der Waals surface area contributed by atoms with Gasteiger partial charge in [-0.2, -0.15) is 4.99 Å². The highest BCUT2D eigenvalue weighted by Crippen LogP contribution is 2.41. The van der Waals surface area contributed by atoms with Crippen LogP contribution in [-0.2, 0) is 6.42 Å². The van der Waals surface area contributed by atoms with Crippen molar-refractivity contribution < 1.29 is 0 Å². The molecule has 9 aromatic rings. The lowest BCUT2D eigenvalue weighted by atomic mass is 10.0. The molecule has 2 heterocycles. The summed E-state index contributed by atoms with van der Waals surface area (Å²) in [7, 11) is 0. The second-order valence-corrected chi connectivity index (χ2v) is 14.5. The maximum atomic E-state index is 9.94. The Hall–Kier alpha value is -7.37.